The Kier molecular flexibility index (Phi) is 10.6. The standard InChI is InChI=1S/C18H13FNO3.3C4H9.Sn/c1-2-23-18(22)15-11-20(13-9-7-12(19)8-10-13)16-6-4-3-5-14(16)17(15)21;3*1-3-4-2;/h3,5-11H,2H2,1H3;3*1,3-4H2,2H3;. The molecule has 0 aliphatic rings. The van der Waals surface area contributed by atoms with Crippen LogP contribution in [0.1, 0.15) is 76.6 Å². The van der Waals surface area contributed by atoms with Gasteiger partial charge in [-0.2, -0.15) is 0 Å². The predicted molar refractivity (Wildman–Crippen MR) is 150 cm³/mol. The fourth-order valence-corrected chi connectivity index (χ4v) is 21.1. The van der Waals surface area contributed by atoms with Crippen molar-refractivity contribution in [1.82, 2.24) is 4.57 Å². The second-order valence-corrected chi connectivity index (χ2v) is 23.0. The molecule has 0 amide bonds. The second kappa shape index (κ2) is 13.4. The molecule has 6 heteroatoms. The van der Waals surface area contributed by atoms with Gasteiger partial charge in [0.25, 0.3) is 0 Å². The van der Waals surface area contributed by atoms with Crippen molar-refractivity contribution >= 4 is 38.8 Å². The summed E-state index contributed by atoms with van der Waals surface area (Å²) in [5.41, 5.74) is 1.17. The topological polar surface area (TPSA) is 48.3 Å². The van der Waals surface area contributed by atoms with E-state index in [1.807, 2.05) is 10.6 Å². The first-order valence-electron chi connectivity index (χ1n) is 13.5. The van der Waals surface area contributed by atoms with Crippen LogP contribution < -0.4 is 9.01 Å². The van der Waals surface area contributed by atoms with Crippen LogP contribution in [0.15, 0.2) is 53.5 Å². The van der Waals surface area contributed by atoms with Crippen molar-refractivity contribution in [3.05, 3.63) is 70.3 Å². The number of halogens is 1. The molecule has 2 aromatic carbocycles. The Balaban J connectivity index is 2.30. The van der Waals surface area contributed by atoms with Crippen molar-refractivity contribution in [2.75, 3.05) is 6.61 Å². The molecule has 0 aliphatic carbocycles. The van der Waals surface area contributed by atoms with Gasteiger partial charge < -0.3 is 0 Å². The van der Waals surface area contributed by atoms with Crippen molar-refractivity contribution in [1.29, 1.82) is 0 Å². The monoisotopic (exact) mass is 601 g/mol. The van der Waals surface area contributed by atoms with E-state index >= 15 is 0 Å². The minimum absolute atomic E-state index is 0.000786. The number of esters is 1. The molecule has 0 fully saturated rings. The normalized spacial score (nSPS) is 11.7. The minimum atomic E-state index is -2.77. The van der Waals surface area contributed by atoms with E-state index in [1.54, 1.807) is 25.3 Å². The van der Waals surface area contributed by atoms with Crippen LogP contribution in [0.3, 0.4) is 0 Å². The Bertz CT molecular complexity index is 1200. The first-order valence-corrected chi connectivity index (χ1v) is 21.0. The SMILES string of the molecule is CCC[CH2][Sn]([CH2]CCC)([CH2]CCC)[c]1ccc2c(=O)c(C(=O)OCC)cn(-c3ccc(F)cc3)c2c1. The summed E-state index contributed by atoms with van der Waals surface area (Å²) in [4.78, 5) is 26.0. The molecule has 0 unspecified atom stereocenters. The van der Waals surface area contributed by atoms with Gasteiger partial charge in [0.1, 0.15) is 0 Å². The Morgan fingerprint density at radius 3 is 2.00 bits per heavy atom. The number of ether oxygens (including phenoxy) is 1. The number of carbonyl (C=O) groups excluding carboxylic acids is 1. The number of aromatic nitrogens is 1. The summed E-state index contributed by atoms with van der Waals surface area (Å²) < 4.78 is 26.2. The molecular formula is C30H40FNO3Sn. The summed E-state index contributed by atoms with van der Waals surface area (Å²) >= 11 is -2.77. The first kappa shape index (κ1) is 28.4. The zero-order chi connectivity index (χ0) is 26.1. The molecule has 36 heavy (non-hydrogen) atoms. The van der Waals surface area contributed by atoms with Gasteiger partial charge in [0, 0.05) is 0 Å². The molecule has 0 atom stereocenters. The fraction of sp³-hybridized carbons (Fsp3) is 0.467. The number of nitrogens with zero attached hydrogens (tertiary/aromatic N) is 1. The third-order valence-corrected chi connectivity index (χ3v) is 22.8. The number of carbonyl (C=O) groups is 1. The van der Waals surface area contributed by atoms with E-state index < -0.39 is 24.3 Å². The number of rotatable bonds is 13. The van der Waals surface area contributed by atoms with E-state index in [0.29, 0.717) is 11.1 Å². The zero-order valence-electron chi connectivity index (χ0n) is 22.2. The third kappa shape index (κ3) is 6.39. The number of hydrogen-bond acceptors (Lipinski definition) is 3. The molecule has 1 aromatic heterocycles. The van der Waals surface area contributed by atoms with Crippen LogP contribution in [-0.4, -0.2) is 35.5 Å². The van der Waals surface area contributed by atoms with Crippen LogP contribution in [0, 0.1) is 5.82 Å². The van der Waals surface area contributed by atoms with Crippen molar-refractivity contribution in [2.24, 2.45) is 0 Å². The molecule has 0 saturated heterocycles. The van der Waals surface area contributed by atoms with E-state index in [1.165, 1.54) is 67.5 Å². The summed E-state index contributed by atoms with van der Waals surface area (Å²) in [6.45, 7) is 8.70. The van der Waals surface area contributed by atoms with Crippen molar-refractivity contribution in [3.63, 3.8) is 0 Å². The molecule has 4 nitrogen and oxygen atoms in total. The molecule has 194 valence electrons. The average molecular weight is 600 g/mol. The van der Waals surface area contributed by atoms with E-state index in [9.17, 15) is 14.0 Å². The van der Waals surface area contributed by atoms with Crippen LogP contribution in [0.4, 0.5) is 4.39 Å². The Morgan fingerprint density at radius 2 is 1.47 bits per heavy atom. The van der Waals surface area contributed by atoms with Gasteiger partial charge in [0.15, 0.2) is 0 Å². The van der Waals surface area contributed by atoms with Gasteiger partial charge in [-0.25, -0.2) is 0 Å². The number of hydrogen-bond donors (Lipinski definition) is 0. The number of benzene rings is 2. The second-order valence-electron chi connectivity index (χ2n) is 9.76. The number of unbranched alkanes of at least 4 members (excludes halogenated alkanes) is 3. The van der Waals surface area contributed by atoms with Gasteiger partial charge in [-0.3, -0.25) is 0 Å². The van der Waals surface area contributed by atoms with Gasteiger partial charge in [0.05, 0.1) is 0 Å². The van der Waals surface area contributed by atoms with Crippen LogP contribution in [0.5, 0.6) is 0 Å². The Labute approximate surface area is 218 Å². The molecule has 0 saturated carbocycles. The quantitative estimate of drug-likeness (QED) is 0.152. The van der Waals surface area contributed by atoms with Crippen LogP contribution in [0.25, 0.3) is 16.6 Å². The molecule has 3 aromatic rings. The Morgan fingerprint density at radius 1 is 0.889 bits per heavy atom. The van der Waals surface area contributed by atoms with Crippen LogP contribution >= 0.6 is 0 Å². The van der Waals surface area contributed by atoms with Gasteiger partial charge in [-0.1, -0.05) is 0 Å². The van der Waals surface area contributed by atoms with E-state index in [-0.39, 0.29) is 23.4 Å². The molecular weight excluding hydrogens is 560 g/mol. The van der Waals surface area contributed by atoms with Crippen LogP contribution in [0.2, 0.25) is 13.3 Å². The molecule has 1 heterocycles. The van der Waals surface area contributed by atoms with E-state index in [4.69, 9.17) is 4.74 Å². The first-order chi connectivity index (χ1) is 17.4. The van der Waals surface area contributed by atoms with E-state index in [2.05, 4.69) is 32.9 Å². The molecule has 0 radical (unpaired) electrons. The molecule has 0 bridgehead atoms. The van der Waals surface area contributed by atoms with Crippen molar-refractivity contribution in [3.8, 4) is 5.69 Å². The van der Waals surface area contributed by atoms with E-state index in [0.717, 1.165) is 5.52 Å². The van der Waals surface area contributed by atoms with Gasteiger partial charge >= 0.3 is 219 Å². The summed E-state index contributed by atoms with van der Waals surface area (Å²) in [6.07, 6.45) is 8.87. The molecule has 0 N–H and O–H groups in total. The van der Waals surface area contributed by atoms with Gasteiger partial charge in [0.2, 0.25) is 0 Å². The Hall–Kier alpha value is -2.15. The van der Waals surface area contributed by atoms with Crippen molar-refractivity contribution < 1.29 is 13.9 Å². The fourth-order valence-electron chi connectivity index (χ4n) is 5.18. The number of pyridine rings is 1. The molecule has 0 spiro atoms. The molecule has 0 aliphatic heterocycles. The third-order valence-electron chi connectivity index (χ3n) is 7.24. The predicted octanol–water partition coefficient (Wildman–Crippen LogP) is 7.36. The summed E-state index contributed by atoms with van der Waals surface area (Å²) in [5.74, 6) is -0.962. The van der Waals surface area contributed by atoms with Crippen molar-refractivity contribution in [2.45, 2.75) is 79.5 Å². The van der Waals surface area contributed by atoms with Gasteiger partial charge in [-0.05, 0) is 0 Å². The van der Waals surface area contributed by atoms with Gasteiger partial charge in [-0.15, -0.1) is 0 Å². The summed E-state index contributed by atoms with van der Waals surface area (Å²) in [7, 11) is 0. The number of fused-ring (bicyclic) bond motifs is 1. The summed E-state index contributed by atoms with van der Waals surface area (Å²) in [5, 5.41) is 0.496. The molecule has 3 rings (SSSR count). The van der Waals surface area contributed by atoms with Crippen LogP contribution in [-0.2, 0) is 4.74 Å². The summed E-state index contributed by atoms with van der Waals surface area (Å²) in [6, 6.07) is 12.5. The maximum atomic E-state index is 13.7. The zero-order valence-corrected chi connectivity index (χ0v) is 25.1. The average Bonchev–Trinajstić information content (AvgIpc) is 2.89. The maximum absolute atomic E-state index is 13.7.